The normalized spacial score (nSPS) is 12.9. The molecule has 0 aromatic heterocycles. The zero-order chi connectivity index (χ0) is 22.9. The first kappa shape index (κ1) is 24.0. The van der Waals surface area contributed by atoms with Gasteiger partial charge < -0.3 is 4.74 Å². The fraction of sp³-hybridized carbons (Fsp3) is 0.333. The zero-order valence-corrected chi connectivity index (χ0v) is 19.7. The molecule has 0 spiro atoms. The predicted molar refractivity (Wildman–Crippen MR) is 115 cm³/mol. The van der Waals surface area contributed by atoms with Crippen molar-refractivity contribution in [3.8, 4) is 0 Å². The maximum absolute atomic E-state index is 13.1. The number of carbonyl (C=O) groups is 2. The van der Waals surface area contributed by atoms with Crippen molar-refractivity contribution in [3.63, 3.8) is 0 Å². The molecule has 6 nitrogen and oxygen atoms in total. The Hall–Kier alpha value is -2.26. The molecule has 1 unspecified atom stereocenters. The van der Waals surface area contributed by atoms with Crippen molar-refractivity contribution in [2.75, 3.05) is 7.05 Å². The zero-order valence-electron chi connectivity index (χ0n) is 17.3. The molecule has 0 saturated carbocycles. The minimum atomic E-state index is -4.06. The first-order chi connectivity index (χ1) is 13.7. The lowest BCUT2D eigenvalue weighted by Gasteiger charge is -2.26. The van der Waals surface area contributed by atoms with Crippen LogP contribution in [-0.2, 0) is 14.8 Å². The summed E-state index contributed by atoms with van der Waals surface area (Å²) in [6.07, 6.45) is -0.975. The number of amides is 1. The van der Waals surface area contributed by atoms with Crippen molar-refractivity contribution in [3.05, 3.63) is 69.4 Å². The van der Waals surface area contributed by atoms with Crippen LogP contribution in [0, 0.1) is 5.82 Å². The second-order valence-electron chi connectivity index (χ2n) is 7.71. The molecule has 0 aliphatic carbocycles. The molecule has 0 radical (unpaired) electrons. The highest BCUT2D eigenvalue weighted by molar-refractivity contribution is 9.10. The highest BCUT2D eigenvalue weighted by Crippen LogP contribution is 2.30. The molecule has 2 aromatic rings. The summed E-state index contributed by atoms with van der Waals surface area (Å²) in [7, 11) is -2.92. The summed E-state index contributed by atoms with van der Waals surface area (Å²) in [5.74, 6) is -0.788. The van der Waals surface area contributed by atoms with Crippen LogP contribution in [-0.4, -0.2) is 37.2 Å². The van der Waals surface area contributed by atoms with Crippen LogP contribution in [0.4, 0.5) is 9.18 Å². The molecule has 1 atom stereocenters. The van der Waals surface area contributed by atoms with Crippen molar-refractivity contribution >= 4 is 37.8 Å². The minimum Gasteiger partial charge on any atom is -0.443 e. The van der Waals surface area contributed by atoms with Crippen LogP contribution in [0.25, 0.3) is 0 Å². The summed E-state index contributed by atoms with van der Waals surface area (Å²) < 4.78 is 44.9. The number of hydrogen-bond donors (Lipinski definition) is 0. The van der Waals surface area contributed by atoms with E-state index < -0.39 is 32.8 Å². The van der Waals surface area contributed by atoms with Crippen LogP contribution in [0.15, 0.2) is 46.9 Å². The van der Waals surface area contributed by atoms with Gasteiger partial charge in [-0.25, -0.2) is 21.9 Å². The SMILES string of the molecule is CC(c1ccc(C(=O)c2ccc(F)cc2)c(Br)c1)S(=O)(=O)N(C)C(=O)OC(C)(C)C. The molecule has 0 aliphatic rings. The number of rotatable bonds is 5. The van der Waals surface area contributed by atoms with Gasteiger partial charge in [-0.15, -0.1) is 0 Å². The third kappa shape index (κ3) is 5.46. The molecular weight excluding hydrogens is 477 g/mol. The first-order valence-corrected chi connectivity index (χ1v) is 11.3. The van der Waals surface area contributed by atoms with Gasteiger partial charge in [-0.2, -0.15) is 0 Å². The van der Waals surface area contributed by atoms with Crippen LogP contribution < -0.4 is 0 Å². The molecule has 1 amide bonds. The van der Waals surface area contributed by atoms with Crippen LogP contribution in [0.5, 0.6) is 0 Å². The third-order valence-corrected chi connectivity index (χ3v) is 7.03. The van der Waals surface area contributed by atoms with Gasteiger partial charge in [0.2, 0.25) is 10.0 Å². The number of hydrogen-bond acceptors (Lipinski definition) is 5. The van der Waals surface area contributed by atoms with E-state index in [4.69, 9.17) is 4.74 Å². The second-order valence-corrected chi connectivity index (χ2v) is 10.8. The fourth-order valence-electron chi connectivity index (χ4n) is 2.56. The van der Waals surface area contributed by atoms with E-state index in [1.165, 1.54) is 49.4 Å². The van der Waals surface area contributed by atoms with E-state index in [2.05, 4.69) is 15.9 Å². The molecule has 2 rings (SSSR count). The highest BCUT2D eigenvalue weighted by Gasteiger charge is 2.34. The summed E-state index contributed by atoms with van der Waals surface area (Å²) in [6, 6.07) is 9.65. The lowest BCUT2D eigenvalue weighted by atomic mass is 10.0. The molecule has 2 aromatic carbocycles. The average Bonchev–Trinajstić information content (AvgIpc) is 2.65. The molecule has 9 heteroatoms. The molecule has 0 fully saturated rings. The van der Waals surface area contributed by atoms with Crippen molar-refractivity contribution in [1.29, 1.82) is 0 Å². The van der Waals surface area contributed by atoms with Crippen molar-refractivity contribution in [1.82, 2.24) is 4.31 Å². The van der Waals surface area contributed by atoms with Crippen LogP contribution in [0.1, 0.15) is 54.4 Å². The standard InChI is InChI=1S/C21H23BrFNO5S/c1-13(30(27,28)24(5)20(26)29-21(2,3)4)15-8-11-17(18(22)12-15)19(25)14-6-9-16(23)10-7-14/h6-13H,1-5H3. The molecule has 0 bridgehead atoms. The summed E-state index contributed by atoms with van der Waals surface area (Å²) >= 11 is 3.31. The van der Waals surface area contributed by atoms with Gasteiger partial charge in [-0.3, -0.25) is 4.79 Å². The predicted octanol–water partition coefficient (Wildman–Crippen LogP) is 5.08. The number of sulfonamides is 1. The number of ketones is 1. The number of nitrogens with zero attached hydrogens (tertiary/aromatic N) is 1. The Kier molecular flexibility index (Phi) is 7.08. The van der Waals surface area contributed by atoms with Gasteiger partial charge in [0, 0.05) is 22.6 Å². The van der Waals surface area contributed by atoms with Crippen LogP contribution >= 0.6 is 15.9 Å². The molecular formula is C21H23BrFNO5S. The van der Waals surface area contributed by atoms with E-state index in [1.54, 1.807) is 20.8 Å². The van der Waals surface area contributed by atoms with Crippen molar-refractivity contribution in [2.45, 2.75) is 38.5 Å². The molecule has 0 heterocycles. The van der Waals surface area contributed by atoms with E-state index in [1.807, 2.05) is 0 Å². The Morgan fingerprint density at radius 3 is 2.17 bits per heavy atom. The maximum Gasteiger partial charge on any atom is 0.423 e. The topological polar surface area (TPSA) is 80.8 Å². The molecule has 0 saturated heterocycles. The van der Waals surface area contributed by atoms with E-state index in [0.29, 0.717) is 25.5 Å². The molecule has 162 valence electrons. The summed E-state index contributed by atoms with van der Waals surface area (Å²) in [4.78, 5) is 24.8. The van der Waals surface area contributed by atoms with Crippen LogP contribution in [0.2, 0.25) is 0 Å². The lowest BCUT2D eigenvalue weighted by molar-refractivity contribution is 0.0419. The number of ether oxygens (including phenoxy) is 1. The van der Waals surface area contributed by atoms with Crippen molar-refractivity contribution in [2.24, 2.45) is 0 Å². The van der Waals surface area contributed by atoms with E-state index in [-0.39, 0.29) is 5.78 Å². The van der Waals surface area contributed by atoms with Gasteiger partial charge in [0.15, 0.2) is 5.78 Å². The highest BCUT2D eigenvalue weighted by atomic mass is 79.9. The first-order valence-electron chi connectivity index (χ1n) is 9.04. The van der Waals surface area contributed by atoms with E-state index >= 15 is 0 Å². The Bertz CT molecular complexity index is 1060. The van der Waals surface area contributed by atoms with E-state index in [9.17, 15) is 22.4 Å². The maximum atomic E-state index is 13.1. The van der Waals surface area contributed by atoms with Gasteiger partial charge in [0.1, 0.15) is 16.7 Å². The Labute approximate surface area is 184 Å². The minimum absolute atomic E-state index is 0.301. The van der Waals surface area contributed by atoms with Crippen LogP contribution in [0.3, 0.4) is 0 Å². The molecule has 0 aliphatic heterocycles. The van der Waals surface area contributed by atoms with E-state index in [0.717, 1.165) is 7.05 Å². The number of halogens is 2. The van der Waals surface area contributed by atoms with Gasteiger partial charge >= 0.3 is 6.09 Å². The summed E-state index contributed by atoms with van der Waals surface area (Å²) in [5.41, 5.74) is 0.147. The quantitative estimate of drug-likeness (QED) is 0.536. The Morgan fingerprint density at radius 2 is 1.67 bits per heavy atom. The molecule has 0 N–H and O–H groups in total. The van der Waals surface area contributed by atoms with Crippen molar-refractivity contribution < 1.29 is 27.1 Å². The summed E-state index contributed by atoms with van der Waals surface area (Å²) in [6.45, 7) is 6.37. The van der Waals surface area contributed by atoms with Gasteiger partial charge in [-0.05, 0) is 69.7 Å². The number of carbonyl (C=O) groups excluding carboxylic acids is 2. The second kappa shape index (κ2) is 8.85. The lowest BCUT2D eigenvalue weighted by Crippen LogP contribution is -2.39. The smallest absolute Gasteiger partial charge is 0.423 e. The Balaban J connectivity index is 2.29. The number of benzene rings is 2. The monoisotopic (exact) mass is 499 g/mol. The largest absolute Gasteiger partial charge is 0.443 e. The van der Waals surface area contributed by atoms with Gasteiger partial charge in [0.05, 0.1) is 0 Å². The average molecular weight is 500 g/mol. The third-order valence-electron chi connectivity index (χ3n) is 4.29. The van der Waals surface area contributed by atoms with Gasteiger partial charge in [-0.1, -0.05) is 22.0 Å². The Morgan fingerprint density at radius 1 is 1.10 bits per heavy atom. The molecule has 30 heavy (non-hydrogen) atoms. The van der Waals surface area contributed by atoms with Gasteiger partial charge in [0.25, 0.3) is 0 Å². The fourth-order valence-corrected chi connectivity index (χ4v) is 4.35. The summed E-state index contributed by atoms with van der Waals surface area (Å²) in [5, 5.41) is -1.07.